The minimum Gasteiger partial charge on any atom is -0.359 e. The van der Waals surface area contributed by atoms with Crippen molar-refractivity contribution in [3.05, 3.63) is 10.9 Å². The number of aromatic nitrogens is 2. The lowest BCUT2D eigenvalue weighted by Gasteiger charge is -1.91. The zero-order valence-electron chi connectivity index (χ0n) is 5.14. The van der Waals surface area contributed by atoms with Gasteiger partial charge in [-0.15, -0.1) is 0 Å². The van der Waals surface area contributed by atoms with Crippen LogP contribution >= 0.6 is 0 Å². The summed E-state index contributed by atoms with van der Waals surface area (Å²) in [4.78, 5) is 10.3. The molecule has 0 aliphatic carbocycles. The van der Waals surface area contributed by atoms with Gasteiger partial charge in [0.1, 0.15) is 0 Å². The highest BCUT2D eigenvalue weighted by molar-refractivity contribution is 5.93. The fourth-order valence-electron chi connectivity index (χ4n) is 0.511. The Balaban J connectivity index is 3.10. The third-order valence-corrected chi connectivity index (χ3v) is 0.955. The van der Waals surface area contributed by atoms with Gasteiger partial charge in [0.25, 0.3) is 0 Å². The summed E-state index contributed by atoms with van der Waals surface area (Å²) in [6, 6.07) is 0. The van der Waals surface area contributed by atoms with E-state index in [2.05, 4.69) is 9.79 Å². The monoisotopic (exact) mass is 160 g/mol. The highest BCUT2D eigenvalue weighted by Gasteiger charge is 2.23. The molecule has 11 heavy (non-hydrogen) atoms. The highest BCUT2D eigenvalue weighted by Crippen LogP contribution is 1.99. The number of amides is 1. The van der Waals surface area contributed by atoms with Crippen LogP contribution < -0.4 is 16.1 Å². The van der Waals surface area contributed by atoms with Gasteiger partial charge < -0.3 is 10.9 Å². The number of carbonyl (C=O) groups excluding carboxylic acids is 1. The van der Waals surface area contributed by atoms with Crippen LogP contribution in [0, 0.1) is 5.21 Å². The summed E-state index contributed by atoms with van der Waals surface area (Å²) in [5.41, 5.74) is 5.65. The van der Waals surface area contributed by atoms with Crippen molar-refractivity contribution in [1.82, 2.24) is 10.6 Å². The molecule has 1 heterocycles. The lowest BCUT2D eigenvalue weighted by molar-refractivity contribution is -0.803. The van der Waals surface area contributed by atoms with E-state index in [4.69, 9.17) is 10.9 Å². The first kappa shape index (κ1) is 7.28. The number of hydrogen-bond donors (Lipinski definition) is 3. The van der Waals surface area contributed by atoms with Crippen molar-refractivity contribution < 1.29 is 19.5 Å². The molecule has 0 aromatic carbocycles. The Bertz CT molecular complexity index is 261. The molecule has 1 aromatic rings. The van der Waals surface area contributed by atoms with E-state index in [0.29, 0.717) is 0 Å². The molecule has 0 bridgehead atoms. The molecule has 0 saturated carbocycles. The fraction of sp³-hybridized carbons (Fsp3) is 0. The van der Waals surface area contributed by atoms with Crippen LogP contribution in [-0.2, 0) is 0 Å². The topological polar surface area (TPSA) is 128 Å². The van der Waals surface area contributed by atoms with E-state index in [1.54, 1.807) is 0 Å². The van der Waals surface area contributed by atoms with E-state index in [1.807, 2.05) is 0 Å². The second kappa shape index (κ2) is 2.42. The molecule has 8 heteroatoms. The average molecular weight is 160 g/mol. The second-order valence-electron chi connectivity index (χ2n) is 1.60. The highest BCUT2D eigenvalue weighted by atomic mass is 16.8. The first-order chi connectivity index (χ1) is 5.16. The number of hydrogen-bond acceptors (Lipinski definition) is 6. The van der Waals surface area contributed by atoms with Crippen molar-refractivity contribution in [3.8, 4) is 0 Å². The van der Waals surface area contributed by atoms with Gasteiger partial charge in [-0.05, 0) is 4.90 Å². The van der Waals surface area contributed by atoms with Crippen molar-refractivity contribution in [2.45, 2.75) is 0 Å². The molecule has 1 amide bonds. The zero-order chi connectivity index (χ0) is 8.43. The summed E-state index contributed by atoms with van der Waals surface area (Å²) < 4.78 is 3.93. The lowest BCUT2D eigenvalue weighted by atomic mass is 10.4. The Labute approximate surface area is 59.7 Å². The zero-order valence-corrected chi connectivity index (χ0v) is 5.14. The van der Waals surface area contributed by atoms with Crippen LogP contribution in [0.4, 0.5) is 5.82 Å². The second-order valence-corrected chi connectivity index (χ2v) is 1.60. The average Bonchev–Trinajstić information content (AvgIpc) is 2.30. The Morgan fingerprint density at radius 1 is 1.91 bits per heavy atom. The molecule has 0 radical (unpaired) electrons. The molecule has 1 aromatic heterocycles. The van der Waals surface area contributed by atoms with Crippen LogP contribution in [0.3, 0.4) is 0 Å². The Morgan fingerprint density at radius 3 is 2.91 bits per heavy atom. The molecule has 0 aliphatic heterocycles. The molecule has 8 nitrogen and oxygen atoms in total. The number of nitrogens with one attached hydrogen (secondary N) is 1. The van der Waals surface area contributed by atoms with Gasteiger partial charge in [-0.1, -0.05) is 0 Å². The third-order valence-electron chi connectivity index (χ3n) is 0.955. The van der Waals surface area contributed by atoms with Crippen molar-refractivity contribution in [3.63, 3.8) is 0 Å². The van der Waals surface area contributed by atoms with Crippen LogP contribution in [0.15, 0.2) is 4.63 Å². The molecular weight excluding hydrogens is 156 g/mol. The molecule has 60 valence electrons. The minimum absolute atomic E-state index is 0.207. The molecule has 0 unspecified atom stereocenters. The minimum atomic E-state index is -1.07. The normalized spacial score (nSPS) is 9.55. The van der Waals surface area contributed by atoms with Gasteiger partial charge >= 0.3 is 17.4 Å². The van der Waals surface area contributed by atoms with Gasteiger partial charge in [-0.2, -0.15) is 0 Å². The smallest absolute Gasteiger partial charge is 0.325 e. The first-order valence-corrected chi connectivity index (χ1v) is 2.46. The van der Waals surface area contributed by atoms with Crippen molar-refractivity contribution in [2.24, 2.45) is 0 Å². The summed E-state index contributed by atoms with van der Waals surface area (Å²) in [6.45, 7) is 0. The number of nitrogens with two attached hydrogens (primary N) is 1. The maximum Gasteiger partial charge on any atom is 0.325 e. The number of hydroxylamine groups is 1. The number of nitrogen functional groups attached to an aromatic ring is 1. The molecule has 0 spiro atoms. The summed E-state index contributed by atoms with van der Waals surface area (Å²) in [6.07, 6.45) is 0. The molecular formula is C3H4N4O4. The van der Waals surface area contributed by atoms with E-state index in [0.717, 1.165) is 0 Å². The summed E-state index contributed by atoms with van der Waals surface area (Å²) in [5.74, 6) is -1.45. The van der Waals surface area contributed by atoms with E-state index >= 15 is 0 Å². The summed E-state index contributed by atoms with van der Waals surface area (Å²) in [5, 5.41) is 21.5. The maximum atomic E-state index is 10.6. The van der Waals surface area contributed by atoms with Gasteiger partial charge in [0.15, 0.2) is 0 Å². The molecule has 0 atom stereocenters. The lowest BCUT2D eigenvalue weighted by Crippen LogP contribution is -2.36. The first-order valence-electron chi connectivity index (χ1n) is 2.46. The van der Waals surface area contributed by atoms with Gasteiger partial charge in [0.05, 0.1) is 5.16 Å². The SMILES string of the molecule is Nc1no[n+]([O-])c1C(=O)NO. The van der Waals surface area contributed by atoms with Crippen LogP contribution in [0.25, 0.3) is 0 Å². The third kappa shape index (κ3) is 1.05. The van der Waals surface area contributed by atoms with Crippen molar-refractivity contribution >= 4 is 11.7 Å². The summed E-state index contributed by atoms with van der Waals surface area (Å²) >= 11 is 0. The molecule has 0 fully saturated rings. The standard InChI is InChI=1S/C3H4N4O4/c4-2-1(3(8)5-9)7(10)11-6-2/h9H,(H2,4,6)(H,5,8). The van der Waals surface area contributed by atoms with E-state index < -0.39 is 11.6 Å². The van der Waals surface area contributed by atoms with Gasteiger partial charge in [0.2, 0.25) is 0 Å². The van der Waals surface area contributed by atoms with Gasteiger partial charge in [-0.3, -0.25) is 14.6 Å². The van der Waals surface area contributed by atoms with E-state index in [9.17, 15) is 10.0 Å². The fourth-order valence-corrected chi connectivity index (χ4v) is 0.511. The van der Waals surface area contributed by atoms with E-state index in [1.165, 1.54) is 5.48 Å². The van der Waals surface area contributed by atoms with E-state index in [-0.39, 0.29) is 10.7 Å². The molecule has 4 N–H and O–H groups in total. The van der Waals surface area contributed by atoms with Crippen LogP contribution in [0.2, 0.25) is 0 Å². The van der Waals surface area contributed by atoms with Gasteiger partial charge in [0, 0.05) is 0 Å². The maximum absolute atomic E-state index is 10.6. The molecule has 0 aliphatic rings. The van der Waals surface area contributed by atoms with Crippen LogP contribution in [0.5, 0.6) is 0 Å². The number of anilines is 1. The quantitative estimate of drug-likeness (QED) is 0.248. The number of rotatable bonds is 1. The Morgan fingerprint density at radius 2 is 2.55 bits per heavy atom. The summed E-state index contributed by atoms with van der Waals surface area (Å²) in [7, 11) is 0. The van der Waals surface area contributed by atoms with Gasteiger partial charge in [-0.25, -0.2) is 5.48 Å². The Kier molecular flexibility index (Phi) is 1.60. The predicted octanol–water partition coefficient (Wildman–Crippen LogP) is -1.99. The number of carbonyl (C=O) groups is 1. The van der Waals surface area contributed by atoms with Crippen molar-refractivity contribution in [2.75, 3.05) is 5.73 Å². The molecule has 1 rings (SSSR count). The van der Waals surface area contributed by atoms with Crippen LogP contribution in [0.1, 0.15) is 10.5 Å². The number of nitrogens with zero attached hydrogens (tertiary/aromatic N) is 2. The van der Waals surface area contributed by atoms with Crippen molar-refractivity contribution in [1.29, 1.82) is 0 Å². The largest absolute Gasteiger partial charge is 0.359 e. The molecule has 0 saturated heterocycles. The van der Waals surface area contributed by atoms with Crippen LogP contribution in [-0.4, -0.2) is 16.3 Å². The predicted molar refractivity (Wildman–Crippen MR) is 29.1 cm³/mol. The Hall–Kier alpha value is -1.83.